The van der Waals surface area contributed by atoms with E-state index in [0.717, 1.165) is 87.2 Å². The average molecular weight is 530 g/mol. The SMILES string of the molecule is CC.Fc1ccc(F)cc1.NC1CCN(c2ncc(OCC3CCN(c4nc(C5CC5)no4)CC3)cn2)C1. The van der Waals surface area contributed by atoms with E-state index in [9.17, 15) is 8.78 Å². The van der Waals surface area contributed by atoms with Crippen molar-refractivity contribution in [1.82, 2.24) is 20.1 Å². The van der Waals surface area contributed by atoms with Gasteiger partial charge in [0.1, 0.15) is 11.6 Å². The lowest BCUT2D eigenvalue weighted by atomic mass is 9.98. The number of ether oxygens (including phenoxy) is 1. The first-order valence-electron chi connectivity index (χ1n) is 13.5. The van der Waals surface area contributed by atoms with Crippen molar-refractivity contribution in [3.8, 4) is 5.75 Å². The van der Waals surface area contributed by atoms with E-state index in [1.54, 1.807) is 12.4 Å². The van der Waals surface area contributed by atoms with Crippen LogP contribution in [0, 0.1) is 17.6 Å². The number of hydrogen-bond acceptors (Lipinski definition) is 9. The van der Waals surface area contributed by atoms with E-state index in [0.29, 0.717) is 24.5 Å². The van der Waals surface area contributed by atoms with Crippen LogP contribution in [0.3, 0.4) is 0 Å². The van der Waals surface area contributed by atoms with Crippen LogP contribution in [0.2, 0.25) is 0 Å². The second-order valence-corrected chi connectivity index (χ2v) is 9.60. The van der Waals surface area contributed by atoms with Crippen molar-refractivity contribution in [2.75, 3.05) is 42.6 Å². The second kappa shape index (κ2) is 13.5. The smallest absolute Gasteiger partial charge is 0.324 e. The molecule has 0 amide bonds. The first-order chi connectivity index (χ1) is 18.5. The third-order valence-corrected chi connectivity index (χ3v) is 6.67. The number of rotatable bonds is 6. The molecule has 0 radical (unpaired) electrons. The molecule has 2 N–H and O–H groups in total. The van der Waals surface area contributed by atoms with E-state index < -0.39 is 11.6 Å². The monoisotopic (exact) mass is 529 g/mol. The normalized spacial score (nSPS) is 19.3. The van der Waals surface area contributed by atoms with Crippen LogP contribution < -0.4 is 20.3 Å². The summed E-state index contributed by atoms with van der Waals surface area (Å²) in [7, 11) is 0. The molecular weight excluding hydrogens is 492 g/mol. The summed E-state index contributed by atoms with van der Waals surface area (Å²) < 4.78 is 35.2. The van der Waals surface area contributed by atoms with E-state index in [1.807, 2.05) is 13.8 Å². The number of benzene rings is 1. The Morgan fingerprint density at radius 1 is 0.921 bits per heavy atom. The molecule has 206 valence electrons. The van der Waals surface area contributed by atoms with E-state index in [1.165, 1.54) is 12.8 Å². The molecule has 38 heavy (non-hydrogen) atoms. The number of piperidine rings is 1. The van der Waals surface area contributed by atoms with Crippen LogP contribution in [-0.2, 0) is 0 Å². The van der Waals surface area contributed by atoms with Gasteiger partial charge in [-0.3, -0.25) is 0 Å². The molecule has 11 heteroatoms. The largest absolute Gasteiger partial charge is 0.490 e. The van der Waals surface area contributed by atoms with Gasteiger partial charge in [0.05, 0.1) is 19.0 Å². The fourth-order valence-corrected chi connectivity index (χ4v) is 4.31. The molecule has 0 spiro atoms. The Balaban J connectivity index is 0.000000287. The molecule has 3 aromatic rings. The molecule has 1 atom stereocenters. The highest BCUT2D eigenvalue weighted by atomic mass is 19.1. The Hall–Kier alpha value is -3.34. The zero-order chi connectivity index (χ0) is 26.9. The molecule has 3 aliphatic rings. The molecule has 9 nitrogen and oxygen atoms in total. The van der Waals surface area contributed by atoms with Crippen LogP contribution >= 0.6 is 0 Å². The van der Waals surface area contributed by atoms with Crippen LogP contribution in [0.4, 0.5) is 20.7 Å². The summed E-state index contributed by atoms with van der Waals surface area (Å²) in [6, 6.07) is 5.21. The first kappa shape index (κ1) is 27.7. The van der Waals surface area contributed by atoms with Gasteiger partial charge in [0, 0.05) is 38.1 Å². The summed E-state index contributed by atoms with van der Waals surface area (Å²) >= 11 is 0. The average Bonchev–Trinajstić information content (AvgIpc) is 3.52. The lowest BCUT2D eigenvalue weighted by Crippen LogP contribution is -2.35. The quantitative estimate of drug-likeness (QED) is 0.492. The third kappa shape index (κ3) is 7.83. The number of nitrogens with two attached hydrogens (primary N) is 1. The summed E-state index contributed by atoms with van der Waals surface area (Å²) in [5.41, 5.74) is 5.95. The summed E-state index contributed by atoms with van der Waals surface area (Å²) in [6.07, 6.45) is 8.99. The van der Waals surface area contributed by atoms with Crippen molar-refractivity contribution >= 4 is 12.0 Å². The van der Waals surface area contributed by atoms with Crippen LogP contribution in [0.1, 0.15) is 57.7 Å². The van der Waals surface area contributed by atoms with E-state index in [4.69, 9.17) is 15.0 Å². The standard InChI is InChI=1S/C19H27N7O2.C6H4F2.C2H6/c20-15-5-8-26(11-15)18-21-9-16(10-22-18)27-12-13-3-6-25(7-4-13)19-23-17(24-28-19)14-1-2-14;7-5-1-2-6(8)4-3-5;1-2/h9-10,13-15H,1-8,11-12,20H2;1-4H;1-2H3. The van der Waals surface area contributed by atoms with Crippen molar-refractivity contribution in [1.29, 1.82) is 0 Å². The highest BCUT2D eigenvalue weighted by Gasteiger charge is 2.31. The fraction of sp³-hybridized carbons (Fsp3) is 0.556. The fourth-order valence-electron chi connectivity index (χ4n) is 4.31. The molecule has 3 fully saturated rings. The van der Waals surface area contributed by atoms with Gasteiger partial charge in [0.2, 0.25) is 5.95 Å². The van der Waals surface area contributed by atoms with Crippen LogP contribution in [-0.4, -0.2) is 58.9 Å². The van der Waals surface area contributed by atoms with E-state index in [-0.39, 0.29) is 6.04 Å². The lowest BCUT2D eigenvalue weighted by Gasteiger charge is -2.30. The molecular formula is C27H37F2N7O2. The molecule has 1 saturated carbocycles. The van der Waals surface area contributed by atoms with Crippen molar-refractivity contribution in [3.63, 3.8) is 0 Å². The zero-order valence-electron chi connectivity index (χ0n) is 22.1. The highest BCUT2D eigenvalue weighted by molar-refractivity contribution is 5.33. The van der Waals surface area contributed by atoms with Gasteiger partial charge in [-0.1, -0.05) is 19.0 Å². The topological polar surface area (TPSA) is 106 Å². The Morgan fingerprint density at radius 2 is 1.53 bits per heavy atom. The van der Waals surface area contributed by atoms with Gasteiger partial charge < -0.3 is 24.8 Å². The number of halogens is 2. The number of hydrogen-bond donors (Lipinski definition) is 1. The summed E-state index contributed by atoms with van der Waals surface area (Å²) in [5.74, 6) is 2.55. The first-order valence-corrected chi connectivity index (χ1v) is 13.5. The van der Waals surface area contributed by atoms with Gasteiger partial charge in [0.15, 0.2) is 11.6 Å². The Kier molecular flexibility index (Phi) is 9.80. The third-order valence-electron chi connectivity index (χ3n) is 6.67. The lowest BCUT2D eigenvalue weighted by molar-refractivity contribution is 0.219. The molecule has 6 rings (SSSR count). The molecule has 0 bridgehead atoms. The summed E-state index contributed by atoms with van der Waals surface area (Å²) in [4.78, 5) is 17.7. The van der Waals surface area contributed by atoms with Crippen LogP contribution in [0.15, 0.2) is 41.2 Å². The minimum absolute atomic E-state index is 0.220. The van der Waals surface area contributed by atoms with Crippen molar-refractivity contribution < 1.29 is 18.0 Å². The Labute approximate surface area is 222 Å². The molecule has 1 aromatic carbocycles. The van der Waals surface area contributed by atoms with Gasteiger partial charge >= 0.3 is 6.01 Å². The number of anilines is 2. The van der Waals surface area contributed by atoms with Gasteiger partial charge in [-0.2, -0.15) is 4.98 Å². The molecule has 2 aliphatic heterocycles. The Bertz CT molecular complexity index is 1080. The van der Waals surface area contributed by atoms with Crippen LogP contribution in [0.5, 0.6) is 5.75 Å². The molecule has 2 aromatic heterocycles. The molecule has 2 saturated heterocycles. The summed E-state index contributed by atoms with van der Waals surface area (Å²) in [5, 5.41) is 4.11. The highest BCUT2D eigenvalue weighted by Crippen LogP contribution is 2.39. The Morgan fingerprint density at radius 3 is 2.08 bits per heavy atom. The van der Waals surface area contributed by atoms with E-state index >= 15 is 0 Å². The van der Waals surface area contributed by atoms with E-state index in [2.05, 4.69) is 29.9 Å². The maximum absolute atomic E-state index is 11.9. The second-order valence-electron chi connectivity index (χ2n) is 9.60. The molecule has 1 aliphatic carbocycles. The van der Waals surface area contributed by atoms with Crippen molar-refractivity contribution in [2.24, 2.45) is 11.7 Å². The molecule has 4 heterocycles. The van der Waals surface area contributed by atoms with Gasteiger partial charge in [0.25, 0.3) is 0 Å². The zero-order valence-corrected chi connectivity index (χ0v) is 22.1. The minimum atomic E-state index is -0.411. The summed E-state index contributed by atoms with van der Waals surface area (Å²) in [6.45, 7) is 8.27. The predicted octanol–water partition coefficient (Wildman–Crippen LogP) is 4.56. The predicted molar refractivity (Wildman–Crippen MR) is 141 cm³/mol. The van der Waals surface area contributed by atoms with Gasteiger partial charge in [-0.15, -0.1) is 0 Å². The van der Waals surface area contributed by atoms with Crippen molar-refractivity contribution in [3.05, 3.63) is 54.1 Å². The minimum Gasteiger partial charge on any atom is -0.490 e. The maximum Gasteiger partial charge on any atom is 0.324 e. The number of aromatic nitrogens is 4. The van der Waals surface area contributed by atoms with Crippen molar-refractivity contribution in [2.45, 2.75) is 57.9 Å². The maximum atomic E-state index is 11.9. The number of nitrogens with zero attached hydrogens (tertiary/aromatic N) is 6. The van der Waals surface area contributed by atoms with Gasteiger partial charge in [-0.05, 0) is 62.3 Å². The van der Waals surface area contributed by atoms with Gasteiger partial charge in [-0.25, -0.2) is 18.7 Å². The molecule has 1 unspecified atom stereocenters. The van der Waals surface area contributed by atoms with Crippen LogP contribution in [0.25, 0.3) is 0 Å².